The molecule has 3 heterocycles. The smallest absolute Gasteiger partial charge is 0.222 e. The van der Waals surface area contributed by atoms with Crippen LogP contribution in [-0.2, 0) is 4.79 Å². The van der Waals surface area contributed by atoms with E-state index in [0.717, 1.165) is 67.5 Å². The molecule has 1 N–H and O–H groups in total. The molecule has 0 aliphatic carbocycles. The highest BCUT2D eigenvalue weighted by Gasteiger charge is 2.29. The summed E-state index contributed by atoms with van der Waals surface area (Å²) in [6, 6.07) is 17.9. The van der Waals surface area contributed by atoms with Crippen LogP contribution in [-0.4, -0.2) is 82.5 Å². The largest absolute Gasteiger partial charge is 0.356 e. The van der Waals surface area contributed by atoms with Gasteiger partial charge in [-0.2, -0.15) is 0 Å². The zero-order valence-electron chi connectivity index (χ0n) is 20.5. The molecule has 2 aliphatic rings. The number of nitrogens with one attached hydrogen (secondary N) is 1. The number of aliphatic imine (C=N–C) groups is 1. The minimum atomic E-state index is -0.420. The van der Waals surface area contributed by atoms with E-state index in [1.165, 1.54) is 0 Å². The van der Waals surface area contributed by atoms with Crippen LogP contribution in [0.5, 0.6) is 0 Å². The van der Waals surface area contributed by atoms with Crippen molar-refractivity contribution >= 4 is 11.6 Å². The number of nitrogens with zero attached hydrogens (tertiary/aromatic N) is 6. The summed E-state index contributed by atoms with van der Waals surface area (Å²) in [6.07, 6.45) is 1.18. The Kier molecular flexibility index (Phi) is 7.01. The fourth-order valence-corrected chi connectivity index (χ4v) is 4.86. The van der Waals surface area contributed by atoms with E-state index in [-0.39, 0.29) is 12.3 Å². The lowest BCUT2D eigenvalue weighted by molar-refractivity contribution is -0.121. The number of carbonyl (C=O) groups is 1. The van der Waals surface area contributed by atoms with Gasteiger partial charge in [0.1, 0.15) is 11.9 Å². The van der Waals surface area contributed by atoms with E-state index in [9.17, 15) is 4.79 Å². The number of aryl methyl sites for hydroxylation is 1. The first kappa shape index (κ1) is 23.4. The third-order valence-corrected chi connectivity index (χ3v) is 6.83. The molecule has 3 aromatic rings. The maximum absolute atomic E-state index is 13.0. The average Bonchev–Trinajstić information content (AvgIpc) is 3.20. The van der Waals surface area contributed by atoms with Gasteiger partial charge < -0.3 is 15.1 Å². The van der Waals surface area contributed by atoms with E-state index >= 15 is 0 Å². The molecule has 1 fully saturated rings. The normalized spacial score (nSPS) is 18.3. The van der Waals surface area contributed by atoms with Gasteiger partial charge in [0.2, 0.25) is 5.91 Å². The summed E-state index contributed by atoms with van der Waals surface area (Å²) in [7, 11) is 2.16. The maximum Gasteiger partial charge on any atom is 0.222 e. The van der Waals surface area contributed by atoms with Crippen LogP contribution in [0, 0.1) is 6.92 Å². The number of rotatable bonds is 7. The van der Waals surface area contributed by atoms with Gasteiger partial charge in [-0.1, -0.05) is 48.5 Å². The lowest BCUT2D eigenvalue weighted by Gasteiger charge is -2.32. The van der Waals surface area contributed by atoms with E-state index in [0.29, 0.717) is 12.4 Å². The summed E-state index contributed by atoms with van der Waals surface area (Å²) in [5, 5.41) is 11.9. The summed E-state index contributed by atoms with van der Waals surface area (Å²) >= 11 is 0. The van der Waals surface area contributed by atoms with Crippen molar-refractivity contribution in [2.24, 2.45) is 4.99 Å². The van der Waals surface area contributed by atoms with Crippen LogP contribution in [0.25, 0.3) is 5.69 Å². The number of aromatic nitrogens is 3. The Labute approximate surface area is 206 Å². The SMILES string of the molecule is Cc1nnc2n1-c1ccccc1C(c1ccccc1)=N[C@H]2CC(=O)NCCCN1CCN(C)CC1. The van der Waals surface area contributed by atoms with Crippen molar-refractivity contribution in [1.29, 1.82) is 0 Å². The molecule has 0 spiro atoms. The molecule has 0 unspecified atom stereocenters. The Balaban J connectivity index is 1.33. The summed E-state index contributed by atoms with van der Waals surface area (Å²) in [5.74, 6) is 1.48. The monoisotopic (exact) mass is 471 g/mol. The average molecular weight is 472 g/mol. The molecule has 8 heteroatoms. The van der Waals surface area contributed by atoms with Crippen molar-refractivity contribution in [1.82, 2.24) is 29.9 Å². The summed E-state index contributed by atoms with van der Waals surface area (Å²) in [5.41, 5.74) is 3.90. The summed E-state index contributed by atoms with van der Waals surface area (Å²) in [6.45, 7) is 8.03. The number of hydrogen-bond donors (Lipinski definition) is 1. The fourth-order valence-electron chi connectivity index (χ4n) is 4.86. The molecule has 1 aromatic heterocycles. The number of benzene rings is 2. The number of fused-ring (bicyclic) bond motifs is 3. The highest BCUT2D eigenvalue weighted by atomic mass is 16.1. The van der Waals surface area contributed by atoms with Crippen molar-refractivity contribution in [2.45, 2.75) is 25.8 Å². The zero-order chi connectivity index (χ0) is 24.2. The molecule has 1 amide bonds. The van der Waals surface area contributed by atoms with Gasteiger partial charge in [0.25, 0.3) is 0 Å². The molecular weight excluding hydrogens is 438 g/mol. The molecular formula is C27H33N7O. The van der Waals surface area contributed by atoms with Crippen LogP contribution >= 0.6 is 0 Å². The van der Waals surface area contributed by atoms with Crippen LogP contribution in [0.2, 0.25) is 0 Å². The minimum Gasteiger partial charge on any atom is -0.356 e. The first-order valence-corrected chi connectivity index (χ1v) is 12.4. The highest BCUT2D eigenvalue weighted by Crippen LogP contribution is 2.32. The molecule has 1 atom stereocenters. The van der Waals surface area contributed by atoms with Gasteiger partial charge >= 0.3 is 0 Å². The first-order chi connectivity index (χ1) is 17.1. The van der Waals surface area contributed by atoms with Crippen LogP contribution in [0.15, 0.2) is 59.6 Å². The second kappa shape index (κ2) is 10.5. The van der Waals surface area contributed by atoms with E-state index in [1.54, 1.807) is 0 Å². The van der Waals surface area contributed by atoms with Gasteiger partial charge in [0.05, 0.1) is 17.8 Å². The number of likely N-dealkylation sites (N-methyl/N-ethyl adjacent to an activating group) is 1. The molecule has 182 valence electrons. The second-order valence-corrected chi connectivity index (χ2v) is 9.37. The predicted octanol–water partition coefficient (Wildman–Crippen LogP) is 2.61. The molecule has 2 aliphatic heterocycles. The zero-order valence-corrected chi connectivity index (χ0v) is 20.5. The van der Waals surface area contributed by atoms with Gasteiger partial charge in [0.15, 0.2) is 5.82 Å². The van der Waals surface area contributed by atoms with Crippen molar-refractivity contribution < 1.29 is 4.79 Å². The molecule has 1 saturated heterocycles. The van der Waals surface area contributed by atoms with E-state index in [4.69, 9.17) is 4.99 Å². The van der Waals surface area contributed by atoms with Crippen molar-refractivity contribution in [2.75, 3.05) is 46.3 Å². The quantitative estimate of drug-likeness (QED) is 0.536. The van der Waals surface area contributed by atoms with Crippen molar-refractivity contribution in [3.8, 4) is 5.69 Å². The Morgan fingerprint density at radius 1 is 1.00 bits per heavy atom. The molecule has 8 nitrogen and oxygen atoms in total. The molecule has 0 radical (unpaired) electrons. The van der Waals surface area contributed by atoms with Crippen LogP contribution in [0.4, 0.5) is 0 Å². The van der Waals surface area contributed by atoms with Gasteiger partial charge in [-0.05, 0) is 33.0 Å². The summed E-state index contributed by atoms with van der Waals surface area (Å²) < 4.78 is 2.04. The topological polar surface area (TPSA) is 78.6 Å². The number of hydrogen-bond acceptors (Lipinski definition) is 6. The fraction of sp³-hybridized carbons (Fsp3) is 0.407. The molecule has 35 heavy (non-hydrogen) atoms. The Hall–Kier alpha value is -3.36. The Morgan fingerprint density at radius 3 is 2.54 bits per heavy atom. The second-order valence-electron chi connectivity index (χ2n) is 9.37. The van der Waals surface area contributed by atoms with Crippen LogP contribution < -0.4 is 5.32 Å². The van der Waals surface area contributed by atoms with Crippen molar-refractivity contribution in [3.63, 3.8) is 0 Å². The maximum atomic E-state index is 13.0. The number of carbonyl (C=O) groups excluding carboxylic acids is 1. The summed E-state index contributed by atoms with van der Waals surface area (Å²) in [4.78, 5) is 22.9. The predicted molar refractivity (Wildman–Crippen MR) is 137 cm³/mol. The lowest BCUT2D eigenvalue weighted by atomic mass is 10.0. The number of para-hydroxylation sites is 1. The van der Waals surface area contributed by atoms with E-state index < -0.39 is 6.04 Å². The third kappa shape index (κ3) is 5.18. The standard InChI is InChI=1S/C27H33N7O/c1-20-30-31-27-23(19-25(35)28-13-8-14-33-17-15-32(2)16-18-33)29-26(21-9-4-3-5-10-21)22-11-6-7-12-24(22)34(20)27/h3-7,9-12,23H,8,13-19H2,1-2H3,(H,28,35)/t23-/m0/s1. The Bertz CT molecular complexity index is 1200. The van der Waals surface area contributed by atoms with Gasteiger partial charge in [-0.15, -0.1) is 10.2 Å². The Morgan fingerprint density at radius 2 is 1.74 bits per heavy atom. The van der Waals surface area contributed by atoms with E-state index in [2.05, 4.69) is 56.6 Å². The lowest BCUT2D eigenvalue weighted by Crippen LogP contribution is -2.45. The van der Waals surface area contributed by atoms with Gasteiger partial charge in [0, 0.05) is 43.9 Å². The third-order valence-electron chi connectivity index (χ3n) is 6.83. The van der Waals surface area contributed by atoms with Gasteiger partial charge in [-0.25, -0.2) is 0 Å². The molecule has 2 aromatic carbocycles. The molecule has 5 rings (SSSR count). The number of piperazine rings is 1. The highest BCUT2D eigenvalue weighted by molar-refractivity contribution is 6.15. The van der Waals surface area contributed by atoms with Gasteiger partial charge in [-0.3, -0.25) is 14.4 Å². The molecule has 0 saturated carbocycles. The van der Waals surface area contributed by atoms with Crippen molar-refractivity contribution in [3.05, 3.63) is 77.4 Å². The van der Waals surface area contributed by atoms with Crippen LogP contribution in [0.3, 0.4) is 0 Å². The minimum absolute atomic E-state index is 0.0114. The van der Waals surface area contributed by atoms with Crippen LogP contribution in [0.1, 0.15) is 41.7 Å². The van der Waals surface area contributed by atoms with E-state index in [1.807, 2.05) is 41.8 Å². The first-order valence-electron chi connectivity index (χ1n) is 12.4. The number of amides is 1. The molecule has 0 bridgehead atoms.